The van der Waals surface area contributed by atoms with Gasteiger partial charge in [0.1, 0.15) is 11.2 Å². The smallest absolute Gasteiger partial charge is 0.161 e. The zero-order valence-corrected chi connectivity index (χ0v) is 8.34. The number of ether oxygens (including phenoxy) is 1. The molecule has 0 atom stereocenters. The van der Waals surface area contributed by atoms with E-state index in [1.807, 2.05) is 13.1 Å². The van der Waals surface area contributed by atoms with Crippen molar-refractivity contribution in [1.82, 2.24) is 4.98 Å². The Balaban J connectivity index is 2.47. The van der Waals surface area contributed by atoms with Gasteiger partial charge in [0.2, 0.25) is 0 Å². The maximum absolute atomic E-state index is 5.42. The maximum atomic E-state index is 5.42. The second-order valence-electron chi connectivity index (χ2n) is 2.74. The number of anilines is 1. The Morgan fingerprint density at radius 1 is 1.67 bits per heavy atom. The maximum Gasteiger partial charge on any atom is 0.161 e. The van der Waals surface area contributed by atoms with Gasteiger partial charge < -0.3 is 9.64 Å². The Kier molecular flexibility index (Phi) is 1.92. The number of hydrogen-bond acceptors (Lipinski definition) is 3. The van der Waals surface area contributed by atoms with Crippen molar-refractivity contribution in [2.75, 3.05) is 25.1 Å². The molecule has 0 aliphatic carbocycles. The predicted octanol–water partition coefficient (Wildman–Crippen LogP) is 1.67. The molecule has 1 aromatic rings. The highest BCUT2D eigenvalue weighted by Crippen LogP contribution is 2.31. The number of fused-ring (bicyclic) bond motifs is 1. The standard InChI is InChI=1S/C8H9BrN2O/c1-11-2-3-12-7-5-10-8(9)4-6(7)11/h4-5H,2-3H2,1H3. The second-order valence-corrected chi connectivity index (χ2v) is 3.56. The first-order valence-electron chi connectivity index (χ1n) is 3.77. The summed E-state index contributed by atoms with van der Waals surface area (Å²) in [6.45, 7) is 1.68. The van der Waals surface area contributed by atoms with Gasteiger partial charge in [-0.1, -0.05) is 0 Å². The van der Waals surface area contributed by atoms with Gasteiger partial charge in [-0.05, 0) is 22.0 Å². The summed E-state index contributed by atoms with van der Waals surface area (Å²) in [6, 6.07) is 1.97. The Hall–Kier alpha value is -0.770. The Morgan fingerprint density at radius 3 is 3.33 bits per heavy atom. The van der Waals surface area contributed by atoms with Crippen LogP contribution in [0.2, 0.25) is 0 Å². The molecule has 3 nitrogen and oxygen atoms in total. The minimum atomic E-state index is 0.743. The molecule has 0 bridgehead atoms. The molecule has 0 amide bonds. The normalized spacial score (nSPS) is 15.3. The van der Waals surface area contributed by atoms with E-state index in [1.165, 1.54) is 0 Å². The van der Waals surface area contributed by atoms with Crippen molar-refractivity contribution in [2.45, 2.75) is 0 Å². The molecule has 1 aliphatic rings. The number of hydrogen-bond donors (Lipinski definition) is 0. The van der Waals surface area contributed by atoms with E-state index in [4.69, 9.17) is 4.74 Å². The van der Waals surface area contributed by atoms with Gasteiger partial charge in [-0.3, -0.25) is 0 Å². The van der Waals surface area contributed by atoms with Crippen LogP contribution in [0.5, 0.6) is 5.75 Å². The minimum Gasteiger partial charge on any atom is -0.488 e. The van der Waals surface area contributed by atoms with Crippen LogP contribution in [0, 0.1) is 0 Å². The summed E-state index contributed by atoms with van der Waals surface area (Å²) in [4.78, 5) is 6.25. The van der Waals surface area contributed by atoms with E-state index in [1.54, 1.807) is 6.20 Å². The zero-order valence-electron chi connectivity index (χ0n) is 6.75. The number of nitrogens with zero attached hydrogens (tertiary/aromatic N) is 2. The van der Waals surface area contributed by atoms with Crippen LogP contribution in [-0.2, 0) is 0 Å². The van der Waals surface area contributed by atoms with Gasteiger partial charge in [-0.15, -0.1) is 0 Å². The molecule has 0 radical (unpaired) electrons. The third kappa shape index (κ3) is 1.27. The molecular weight excluding hydrogens is 220 g/mol. The topological polar surface area (TPSA) is 25.4 Å². The van der Waals surface area contributed by atoms with Gasteiger partial charge in [0.05, 0.1) is 18.4 Å². The molecule has 2 rings (SSSR count). The highest BCUT2D eigenvalue weighted by molar-refractivity contribution is 9.10. The molecule has 64 valence electrons. The molecule has 0 aromatic carbocycles. The molecule has 1 aliphatic heterocycles. The molecule has 0 fully saturated rings. The van der Waals surface area contributed by atoms with Crippen molar-refractivity contribution in [3.63, 3.8) is 0 Å². The zero-order chi connectivity index (χ0) is 8.55. The first-order chi connectivity index (χ1) is 5.77. The Bertz CT molecular complexity index is 303. The molecule has 0 N–H and O–H groups in total. The van der Waals surface area contributed by atoms with Crippen LogP contribution in [-0.4, -0.2) is 25.2 Å². The van der Waals surface area contributed by atoms with E-state index in [-0.39, 0.29) is 0 Å². The molecule has 0 saturated heterocycles. The van der Waals surface area contributed by atoms with E-state index in [2.05, 4.69) is 25.8 Å². The van der Waals surface area contributed by atoms with E-state index < -0.39 is 0 Å². The third-order valence-electron chi connectivity index (χ3n) is 1.91. The van der Waals surface area contributed by atoms with Crippen molar-refractivity contribution in [3.8, 4) is 5.75 Å². The lowest BCUT2D eigenvalue weighted by atomic mass is 10.3. The molecule has 1 aromatic heterocycles. The van der Waals surface area contributed by atoms with Crippen LogP contribution in [0.15, 0.2) is 16.9 Å². The SMILES string of the molecule is CN1CCOc2cnc(Br)cc21. The van der Waals surface area contributed by atoms with E-state index in [0.717, 1.165) is 29.2 Å². The molecule has 2 heterocycles. The first kappa shape index (κ1) is 7.86. The first-order valence-corrected chi connectivity index (χ1v) is 4.56. The molecular formula is C8H9BrN2O. The van der Waals surface area contributed by atoms with Crippen molar-refractivity contribution in [1.29, 1.82) is 0 Å². The summed E-state index contributed by atoms with van der Waals surface area (Å²) < 4.78 is 6.27. The number of likely N-dealkylation sites (N-methyl/N-ethyl adjacent to an activating group) is 1. The van der Waals surface area contributed by atoms with E-state index in [9.17, 15) is 0 Å². The lowest BCUT2D eigenvalue weighted by molar-refractivity contribution is 0.310. The van der Waals surface area contributed by atoms with E-state index >= 15 is 0 Å². The van der Waals surface area contributed by atoms with Gasteiger partial charge >= 0.3 is 0 Å². The fourth-order valence-electron chi connectivity index (χ4n) is 1.23. The van der Waals surface area contributed by atoms with Crippen LogP contribution in [0.4, 0.5) is 5.69 Å². The summed E-state index contributed by atoms with van der Waals surface area (Å²) in [5.74, 6) is 0.868. The molecule has 0 saturated carbocycles. The number of pyridine rings is 1. The predicted molar refractivity (Wildman–Crippen MR) is 50.7 cm³/mol. The minimum absolute atomic E-state index is 0.743. The van der Waals surface area contributed by atoms with Crippen molar-refractivity contribution in [2.24, 2.45) is 0 Å². The highest BCUT2D eigenvalue weighted by atomic mass is 79.9. The lowest BCUT2D eigenvalue weighted by Gasteiger charge is -2.27. The third-order valence-corrected chi connectivity index (χ3v) is 2.34. The average molecular weight is 229 g/mol. The van der Waals surface area contributed by atoms with Gasteiger partial charge in [0, 0.05) is 7.05 Å². The Morgan fingerprint density at radius 2 is 2.50 bits per heavy atom. The number of halogens is 1. The van der Waals surface area contributed by atoms with Gasteiger partial charge in [-0.25, -0.2) is 4.98 Å². The second kappa shape index (κ2) is 2.94. The quantitative estimate of drug-likeness (QED) is 0.633. The van der Waals surface area contributed by atoms with Gasteiger partial charge in [-0.2, -0.15) is 0 Å². The van der Waals surface area contributed by atoms with Crippen molar-refractivity contribution >= 4 is 21.6 Å². The fourth-order valence-corrected chi connectivity index (χ4v) is 1.55. The van der Waals surface area contributed by atoms with Crippen LogP contribution in [0.1, 0.15) is 0 Å². The number of rotatable bonds is 0. The monoisotopic (exact) mass is 228 g/mol. The van der Waals surface area contributed by atoms with Crippen LogP contribution in [0.25, 0.3) is 0 Å². The molecule has 4 heteroatoms. The highest BCUT2D eigenvalue weighted by Gasteiger charge is 2.14. The van der Waals surface area contributed by atoms with E-state index in [0.29, 0.717) is 0 Å². The summed E-state index contributed by atoms with van der Waals surface area (Å²) in [7, 11) is 2.05. The Labute approximate surface area is 79.5 Å². The average Bonchev–Trinajstić information content (AvgIpc) is 2.07. The summed E-state index contributed by atoms with van der Waals surface area (Å²) >= 11 is 3.32. The summed E-state index contributed by atoms with van der Waals surface area (Å²) in [5, 5.41) is 0. The number of aromatic nitrogens is 1. The lowest BCUT2D eigenvalue weighted by Crippen LogP contribution is -2.28. The fraction of sp³-hybridized carbons (Fsp3) is 0.375. The largest absolute Gasteiger partial charge is 0.488 e. The van der Waals surface area contributed by atoms with Crippen LogP contribution >= 0.6 is 15.9 Å². The summed E-state index contributed by atoms with van der Waals surface area (Å²) in [6.07, 6.45) is 1.75. The van der Waals surface area contributed by atoms with Crippen LogP contribution in [0.3, 0.4) is 0 Å². The van der Waals surface area contributed by atoms with Crippen molar-refractivity contribution in [3.05, 3.63) is 16.9 Å². The van der Waals surface area contributed by atoms with Gasteiger partial charge in [0.15, 0.2) is 5.75 Å². The van der Waals surface area contributed by atoms with Crippen LogP contribution < -0.4 is 9.64 Å². The molecule has 0 spiro atoms. The van der Waals surface area contributed by atoms with Crippen molar-refractivity contribution < 1.29 is 4.74 Å². The summed E-state index contributed by atoms with van der Waals surface area (Å²) in [5.41, 5.74) is 1.10. The molecule has 12 heavy (non-hydrogen) atoms. The molecule has 0 unspecified atom stereocenters. The van der Waals surface area contributed by atoms with Gasteiger partial charge in [0.25, 0.3) is 0 Å².